The van der Waals surface area contributed by atoms with Gasteiger partial charge < -0.3 is 10.1 Å². The van der Waals surface area contributed by atoms with Crippen LogP contribution in [0.5, 0.6) is 5.75 Å². The van der Waals surface area contributed by atoms with Gasteiger partial charge in [0.05, 0.1) is 7.11 Å². The van der Waals surface area contributed by atoms with E-state index in [4.69, 9.17) is 4.74 Å². The SMILES string of the molecule is CC[C@]1(c2ccc(OC)cc2)NC(=O)NC1=O. The maximum Gasteiger partial charge on any atom is 0.322 e. The molecule has 0 unspecified atom stereocenters. The van der Waals surface area contributed by atoms with Gasteiger partial charge in [-0.3, -0.25) is 10.1 Å². The summed E-state index contributed by atoms with van der Waals surface area (Å²) < 4.78 is 5.06. The highest BCUT2D eigenvalue weighted by Crippen LogP contribution is 2.29. The lowest BCUT2D eigenvalue weighted by molar-refractivity contribution is -0.124. The Morgan fingerprint density at radius 2 is 1.88 bits per heavy atom. The fourth-order valence-electron chi connectivity index (χ4n) is 2.02. The van der Waals surface area contributed by atoms with Gasteiger partial charge in [0.1, 0.15) is 11.3 Å². The second kappa shape index (κ2) is 4.08. The van der Waals surface area contributed by atoms with Crippen molar-refractivity contribution in [1.82, 2.24) is 10.6 Å². The molecule has 0 radical (unpaired) electrons. The first kappa shape index (κ1) is 11.4. The van der Waals surface area contributed by atoms with E-state index in [-0.39, 0.29) is 5.91 Å². The number of rotatable bonds is 3. The Morgan fingerprint density at radius 3 is 2.29 bits per heavy atom. The van der Waals surface area contributed by atoms with Gasteiger partial charge in [0, 0.05) is 0 Å². The molecule has 1 atom stereocenters. The van der Waals surface area contributed by atoms with Crippen molar-refractivity contribution in [3.05, 3.63) is 29.8 Å². The van der Waals surface area contributed by atoms with Gasteiger partial charge in [0.25, 0.3) is 5.91 Å². The van der Waals surface area contributed by atoms with E-state index in [9.17, 15) is 9.59 Å². The van der Waals surface area contributed by atoms with Gasteiger partial charge in [-0.2, -0.15) is 0 Å². The Balaban J connectivity index is 2.41. The second-order valence-electron chi connectivity index (χ2n) is 3.90. The fraction of sp³-hybridized carbons (Fsp3) is 0.333. The van der Waals surface area contributed by atoms with Gasteiger partial charge in [-0.15, -0.1) is 0 Å². The summed E-state index contributed by atoms with van der Waals surface area (Å²) in [5.74, 6) is 0.403. The van der Waals surface area contributed by atoms with E-state index in [0.29, 0.717) is 12.2 Å². The molecule has 0 aromatic heterocycles. The average molecular weight is 234 g/mol. The number of carbonyl (C=O) groups excluding carboxylic acids is 2. The normalized spacial score (nSPS) is 23.2. The smallest absolute Gasteiger partial charge is 0.322 e. The molecular formula is C12H14N2O3. The minimum absolute atomic E-state index is 0.310. The molecule has 2 rings (SSSR count). The van der Waals surface area contributed by atoms with Crippen LogP contribution in [0.15, 0.2) is 24.3 Å². The Morgan fingerprint density at radius 1 is 1.24 bits per heavy atom. The molecule has 1 heterocycles. The van der Waals surface area contributed by atoms with E-state index in [0.717, 1.165) is 5.56 Å². The number of urea groups is 1. The van der Waals surface area contributed by atoms with Crippen molar-refractivity contribution < 1.29 is 14.3 Å². The number of hydrogen-bond donors (Lipinski definition) is 2. The topological polar surface area (TPSA) is 67.4 Å². The van der Waals surface area contributed by atoms with Crippen molar-refractivity contribution in [2.45, 2.75) is 18.9 Å². The number of imide groups is 1. The zero-order valence-electron chi connectivity index (χ0n) is 9.74. The zero-order chi connectivity index (χ0) is 12.5. The van der Waals surface area contributed by atoms with Gasteiger partial charge in [-0.25, -0.2) is 4.79 Å². The molecule has 1 aliphatic rings. The minimum atomic E-state index is -0.955. The summed E-state index contributed by atoms with van der Waals surface area (Å²) in [4.78, 5) is 23.1. The number of benzene rings is 1. The summed E-state index contributed by atoms with van der Waals surface area (Å²) in [6.07, 6.45) is 0.497. The van der Waals surface area contributed by atoms with E-state index in [2.05, 4.69) is 10.6 Å². The number of hydrogen-bond acceptors (Lipinski definition) is 3. The van der Waals surface area contributed by atoms with E-state index in [1.165, 1.54) is 0 Å². The number of nitrogens with one attached hydrogen (secondary N) is 2. The third kappa shape index (κ3) is 1.73. The van der Waals surface area contributed by atoms with Gasteiger partial charge in [0.2, 0.25) is 0 Å². The summed E-state index contributed by atoms with van der Waals surface area (Å²) >= 11 is 0. The predicted molar refractivity (Wildman–Crippen MR) is 61.6 cm³/mol. The molecule has 5 heteroatoms. The molecule has 1 aromatic rings. The minimum Gasteiger partial charge on any atom is -0.497 e. The Bertz CT molecular complexity index is 455. The summed E-state index contributed by atoms with van der Waals surface area (Å²) in [6.45, 7) is 1.86. The molecule has 0 saturated carbocycles. The first-order chi connectivity index (χ1) is 8.12. The average Bonchev–Trinajstić information content (AvgIpc) is 2.65. The van der Waals surface area contributed by atoms with Crippen LogP contribution in [0.1, 0.15) is 18.9 Å². The van der Waals surface area contributed by atoms with Crippen LogP contribution in [0.4, 0.5) is 4.79 Å². The third-order valence-corrected chi connectivity index (χ3v) is 3.05. The summed E-state index contributed by atoms with van der Waals surface area (Å²) in [6, 6.07) is 6.66. The largest absolute Gasteiger partial charge is 0.497 e. The van der Waals surface area contributed by atoms with Crippen molar-refractivity contribution in [2.24, 2.45) is 0 Å². The van der Waals surface area contributed by atoms with E-state index >= 15 is 0 Å². The molecule has 5 nitrogen and oxygen atoms in total. The van der Waals surface area contributed by atoms with Crippen molar-refractivity contribution in [2.75, 3.05) is 7.11 Å². The van der Waals surface area contributed by atoms with Gasteiger partial charge >= 0.3 is 6.03 Å². The summed E-state index contributed by atoms with van der Waals surface area (Å²) in [7, 11) is 1.58. The van der Waals surface area contributed by atoms with Crippen molar-refractivity contribution in [3.8, 4) is 5.75 Å². The summed E-state index contributed by atoms with van der Waals surface area (Å²) in [5, 5.41) is 4.95. The number of amides is 3. The quantitative estimate of drug-likeness (QED) is 0.771. The summed E-state index contributed by atoms with van der Waals surface area (Å²) in [5.41, 5.74) is -0.201. The highest BCUT2D eigenvalue weighted by molar-refractivity contribution is 6.07. The van der Waals surface area contributed by atoms with Crippen LogP contribution in [0.25, 0.3) is 0 Å². The first-order valence-corrected chi connectivity index (χ1v) is 5.40. The van der Waals surface area contributed by atoms with Crippen LogP contribution in [0.2, 0.25) is 0 Å². The maximum atomic E-state index is 11.9. The van der Waals surface area contributed by atoms with Gasteiger partial charge in [-0.05, 0) is 24.1 Å². The maximum absolute atomic E-state index is 11.9. The van der Waals surface area contributed by atoms with Crippen molar-refractivity contribution in [1.29, 1.82) is 0 Å². The lowest BCUT2D eigenvalue weighted by Gasteiger charge is -2.24. The van der Waals surface area contributed by atoms with E-state index in [1.54, 1.807) is 31.4 Å². The Hall–Kier alpha value is -2.04. The fourth-order valence-corrected chi connectivity index (χ4v) is 2.02. The molecule has 0 spiro atoms. The lowest BCUT2D eigenvalue weighted by Crippen LogP contribution is -2.43. The highest BCUT2D eigenvalue weighted by atomic mass is 16.5. The van der Waals surface area contributed by atoms with Crippen LogP contribution in [-0.4, -0.2) is 19.0 Å². The lowest BCUT2D eigenvalue weighted by atomic mass is 9.87. The van der Waals surface area contributed by atoms with Crippen LogP contribution in [-0.2, 0) is 10.3 Å². The number of ether oxygens (including phenoxy) is 1. The molecule has 0 aliphatic carbocycles. The Kier molecular flexibility index (Phi) is 2.75. The third-order valence-electron chi connectivity index (χ3n) is 3.05. The van der Waals surface area contributed by atoms with Crippen LogP contribution >= 0.6 is 0 Å². The standard InChI is InChI=1S/C12H14N2O3/c1-3-12(10(15)13-11(16)14-12)8-4-6-9(17-2)7-5-8/h4-7H,3H2,1-2H3,(H2,13,14,15,16)/t12-/m1/s1. The molecule has 90 valence electrons. The van der Waals surface area contributed by atoms with E-state index < -0.39 is 11.6 Å². The second-order valence-corrected chi connectivity index (χ2v) is 3.90. The molecule has 1 aliphatic heterocycles. The Labute approximate surface area is 99.2 Å². The van der Waals surface area contributed by atoms with Crippen molar-refractivity contribution in [3.63, 3.8) is 0 Å². The van der Waals surface area contributed by atoms with Crippen molar-refractivity contribution >= 4 is 11.9 Å². The van der Waals surface area contributed by atoms with Gasteiger partial charge in [-0.1, -0.05) is 19.1 Å². The van der Waals surface area contributed by atoms with Crippen LogP contribution < -0.4 is 15.4 Å². The number of carbonyl (C=O) groups is 2. The highest BCUT2D eigenvalue weighted by Gasteiger charge is 2.46. The molecule has 0 bridgehead atoms. The van der Waals surface area contributed by atoms with Gasteiger partial charge in [0.15, 0.2) is 0 Å². The van der Waals surface area contributed by atoms with Crippen LogP contribution in [0.3, 0.4) is 0 Å². The zero-order valence-corrected chi connectivity index (χ0v) is 9.74. The first-order valence-electron chi connectivity index (χ1n) is 5.40. The molecular weight excluding hydrogens is 220 g/mol. The van der Waals surface area contributed by atoms with E-state index in [1.807, 2.05) is 6.92 Å². The molecule has 3 amide bonds. The molecule has 1 fully saturated rings. The molecule has 1 aromatic carbocycles. The van der Waals surface area contributed by atoms with Crippen LogP contribution in [0, 0.1) is 0 Å². The predicted octanol–water partition coefficient (Wildman–Crippen LogP) is 1.14. The molecule has 2 N–H and O–H groups in total. The number of methoxy groups -OCH3 is 1. The monoisotopic (exact) mass is 234 g/mol. The molecule has 17 heavy (non-hydrogen) atoms. The molecule has 1 saturated heterocycles.